The molecular weight excluding hydrogens is 384 g/mol. The van der Waals surface area contributed by atoms with Gasteiger partial charge in [-0.2, -0.15) is 0 Å². The third-order valence-electron chi connectivity index (χ3n) is 4.41. The lowest BCUT2D eigenvalue weighted by Gasteiger charge is -2.22. The number of guanidine groups is 1. The van der Waals surface area contributed by atoms with E-state index in [1.54, 1.807) is 19.1 Å². The van der Waals surface area contributed by atoms with Crippen LogP contribution in [-0.4, -0.2) is 64.1 Å². The minimum atomic E-state index is -3.41. The van der Waals surface area contributed by atoms with E-state index in [0.29, 0.717) is 31.4 Å². The average molecular weight is 417 g/mol. The second-order valence-corrected chi connectivity index (χ2v) is 8.96. The Morgan fingerprint density at radius 2 is 2.21 bits per heavy atom. The molecule has 1 aliphatic heterocycles. The van der Waals surface area contributed by atoms with Crippen molar-refractivity contribution in [2.45, 2.75) is 44.8 Å². The second kappa shape index (κ2) is 10.8. The lowest BCUT2D eigenvalue weighted by Crippen LogP contribution is -2.43. The Hall–Kier alpha value is -1.62. The van der Waals surface area contributed by atoms with E-state index in [-0.39, 0.29) is 24.9 Å². The number of aliphatic imine (C=N–C) groups is 1. The first-order valence-corrected chi connectivity index (χ1v) is 11.3. The first-order chi connectivity index (χ1) is 13.3. The summed E-state index contributed by atoms with van der Waals surface area (Å²) in [4.78, 5) is 4.33. The number of nitrogens with one attached hydrogen (secondary N) is 3. The third-order valence-corrected chi connectivity index (χ3v) is 5.76. The van der Waals surface area contributed by atoms with Crippen molar-refractivity contribution in [2.24, 2.45) is 4.99 Å². The van der Waals surface area contributed by atoms with E-state index in [0.717, 1.165) is 19.3 Å². The van der Waals surface area contributed by atoms with Gasteiger partial charge in [0.2, 0.25) is 10.0 Å². The van der Waals surface area contributed by atoms with Gasteiger partial charge in [0, 0.05) is 26.2 Å². The summed E-state index contributed by atoms with van der Waals surface area (Å²) in [6.07, 6.45) is 4.44. The summed E-state index contributed by atoms with van der Waals surface area (Å²) in [5.41, 5.74) is -1.25. The molecule has 0 aliphatic carbocycles. The zero-order chi connectivity index (χ0) is 20.5. The molecule has 1 aromatic rings. The highest BCUT2D eigenvalue weighted by molar-refractivity contribution is 7.89. The van der Waals surface area contributed by atoms with Crippen molar-refractivity contribution in [3.05, 3.63) is 24.2 Å². The molecule has 0 radical (unpaired) electrons. The quantitative estimate of drug-likeness (QED) is 0.324. The van der Waals surface area contributed by atoms with Gasteiger partial charge in [-0.3, -0.25) is 0 Å². The van der Waals surface area contributed by atoms with E-state index in [2.05, 4.69) is 20.3 Å². The van der Waals surface area contributed by atoms with Gasteiger partial charge in [0.05, 0.1) is 24.7 Å². The molecule has 1 aromatic heterocycles. The summed E-state index contributed by atoms with van der Waals surface area (Å²) < 4.78 is 37.7. The zero-order valence-corrected chi connectivity index (χ0v) is 17.4. The Balaban J connectivity index is 1.79. The predicted molar refractivity (Wildman–Crippen MR) is 108 cm³/mol. The minimum absolute atomic E-state index is 0.0424. The monoisotopic (exact) mass is 416 g/mol. The number of ether oxygens (including phenoxy) is 1. The molecule has 4 N–H and O–H groups in total. The Morgan fingerprint density at radius 3 is 2.86 bits per heavy atom. The van der Waals surface area contributed by atoms with Gasteiger partial charge in [-0.25, -0.2) is 18.1 Å². The normalized spacial score (nSPS) is 20.5. The van der Waals surface area contributed by atoms with Crippen LogP contribution in [0.25, 0.3) is 0 Å². The fourth-order valence-corrected chi connectivity index (χ4v) is 3.76. The predicted octanol–water partition coefficient (Wildman–Crippen LogP) is 0.531. The summed E-state index contributed by atoms with van der Waals surface area (Å²) in [6, 6.07) is 3.39. The van der Waals surface area contributed by atoms with Gasteiger partial charge in [-0.15, -0.1) is 0 Å². The van der Waals surface area contributed by atoms with Crippen molar-refractivity contribution in [3.8, 4) is 0 Å². The fraction of sp³-hybridized carbons (Fsp3) is 0.722. The Kier molecular flexibility index (Phi) is 8.74. The number of aliphatic hydroxyl groups is 1. The molecule has 1 fully saturated rings. The van der Waals surface area contributed by atoms with Crippen LogP contribution in [0.4, 0.5) is 0 Å². The molecule has 1 saturated heterocycles. The first kappa shape index (κ1) is 22.7. The first-order valence-electron chi connectivity index (χ1n) is 9.70. The van der Waals surface area contributed by atoms with E-state index in [1.807, 2.05) is 6.92 Å². The van der Waals surface area contributed by atoms with Gasteiger partial charge in [-0.05, 0) is 45.2 Å². The maximum absolute atomic E-state index is 12.2. The summed E-state index contributed by atoms with van der Waals surface area (Å²) in [5, 5.41) is 16.5. The van der Waals surface area contributed by atoms with Crippen LogP contribution in [0.15, 0.2) is 27.8 Å². The topological polar surface area (TPSA) is 125 Å². The summed E-state index contributed by atoms with van der Waals surface area (Å²) in [5.74, 6) is 0.766. The summed E-state index contributed by atoms with van der Waals surface area (Å²) in [7, 11) is -3.41. The van der Waals surface area contributed by atoms with Gasteiger partial charge in [-0.1, -0.05) is 0 Å². The maximum Gasteiger partial charge on any atom is 0.213 e. The van der Waals surface area contributed by atoms with Crippen LogP contribution >= 0.6 is 0 Å². The van der Waals surface area contributed by atoms with Crippen LogP contribution in [0, 0.1) is 0 Å². The van der Waals surface area contributed by atoms with Crippen molar-refractivity contribution >= 4 is 16.0 Å². The lowest BCUT2D eigenvalue weighted by molar-refractivity contribution is 0.0200. The van der Waals surface area contributed by atoms with Crippen LogP contribution in [0.3, 0.4) is 0 Å². The van der Waals surface area contributed by atoms with Crippen molar-refractivity contribution in [1.29, 1.82) is 0 Å². The van der Waals surface area contributed by atoms with E-state index in [4.69, 9.17) is 9.15 Å². The molecule has 10 heteroatoms. The highest BCUT2D eigenvalue weighted by Gasteiger charge is 2.26. The second-order valence-electron chi connectivity index (χ2n) is 7.03. The van der Waals surface area contributed by atoms with Gasteiger partial charge in [0.25, 0.3) is 0 Å². The Labute approximate surface area is 167 Å². The molecule has 0 spiro atoms. The smallest absolute Gasteiger partial charge is 0.213 e. The highest BCUT2D eigenvalue weighted by Crippen LogP contribution is 2.21. The largest absolute Gasteiger partial charge is 0.466 e. The molecule has 2 unspecified atom stereocenters. The Morgan fingerprint density at radius 1 is 1.39 bits per heavy atom. The lowest BCUT2D eigenvalue weighted by atomic mass is 10.0. The molecule has 160 valence electrons. The molecule has 0 amide bonds. The molecule has 2 atom stereocenters. The van der Waals surface area contributed by atoms with E-state index < -0.39 is 15.6 Å². The SMILES string of the molecule is CCNC(=NCC(C)(O)c1ccco1)NCCS(=O)(=O)NCC1CCCCO1. The van der Waals surface area contributed by atoms with Gasteiger partial charge >= 0.3 is 0 Å². The van der Waals surface area contributed by atoms with Crippen LogP contribution in [0.2, 0.25) is 0 Å². The average Bonchev–Trinajstić information content (AvgIpc) is 3.21. The van der Waals surface area contributed by atoms with Crippen LogP contribution < -0.4 is 15.4 Å². The summed E-state index contributed by atoms with van der Waals surface area (Å²) in [6.45, 7) is 5.39. The standard InChI is InChI=1S/C18H32N4O5S/c1-3-19-17(21-14-18(2,23)16-8-6-11-27-16)20-9-12-28(24,25)22-13-15-7-4-5-10-26-15/h6,8,11,15,22-23H,3-5,7,9-10,12-14H2,1-2H3,(H2,19,20,21). The molecule has 0 saturated carbocycles. The fourth-order valence-electron chi connectivity index (χ4n) is 2.80. The number of furan rings is 1. The van der Waals surface area contributed by atoms with Gasteiger partial charge in [0.15, 0.2) is 5.96 Å². The molecule has 28 heavy (non-hydrogen) atoms. The minimum Gasteiger partial charge on any atom is -0.466 e. The third kappa shape index (κ3) is 7.78. The molecule has 1 aliphatic rings. The van der Waals surface area contributed by atoms with E-state index in [1.165, 1.54) is 6.26 Å². The number of nitrogens with zero attached hydrogens (tertiary/aromatic N) is 1. The molecule has 9 nitrogen and oxygen atoms in total. The molecular formula is C18H32N4O5S. The zero-order valence-electron chi connectivity index (χ0n) is 16.6. The van der Waals surface area contributed by atoms with E-state index >= 15 is 0 Å². The Bertz CT molecular complexity index is 698. The van der Waals surface area contributed by atoms with Crippen LogP contribution in [0.5, 0.6) is 0 Å². The highest BCUT2D eigenvalue weighted by atomic mass is 32.2. The number of rotatable bonds is 10. The maximum atomic E-state index is 12.2. The van der Waals surface area contributed by atoms with Gasteiger partial charge in [0.1, 0.15) is 11.4 Å². The number of hydrogen-bond acceptors (Lipinski definition) is 6. The van der Waals surface area contributed by atoms with Crippen LogP contribution in [-0.2, 0) is 20.4 Å². The van der Waals surface area contributed by atoms with Crippen molar-refractivity contribution in [1.82, 2.24) is 15.4 Å². The number of sulfonamides is 1. The number of hydrogen-bond donors (Lipinski definition) is 4. The van der Waals surface area contributed by atoms with Crippen molar-refractivity contribution < 1.29 is 22.7 Å². The van der Waals surface area contributed by atoms with E-state index in [9.17, 15) is 13.5 Å². The molecule has 0 bridgehead atoms. The van der Waals surface area contributed by atoms with Crippen LogP contribution in [0.1, 0.15) is 38.9 Å². The molecule has 2 rings (SSSR count). The summed E-state index contributed by atoms with van der Waals surface area (Å²) >= 11 is 0. The van der Waals surface area contributed by atoms with Crippen molar-refractivity contribution in [3.63, 3.8) is 0 Å². The van der Waals surface area contributed by atoms with Gasteiger partial charge < -0.3 is 24.9 Å². The molecule has 2 heterocycles. The molecule has 0 aromatic carbocycles. The van der Waals surface area contributed by atoms with Crippen molar-refractivity contribution in [2.75, 3.05) is 38.5 Å².